The zero-order valence-corrected chi connectivity index (χ0v) is 12.0. The van der Waals surface area contributed by atoms with Crippen LogP contribution in [-0.4, -0.2) is 17.7 Å². The molecule has 0 bridgehead atoms. The Morgan fingerprint density at radius 1 is 1.22 bits per heavy atom. The number of ether oxygens (including phenoxy) is 2. The van der Waals surface area contributed by atoms with E-state index in [2.05, 4.69) is 0 Å². The Morgan fingerprint density at radius 3 is 2.33 bits per heavy atom. The quantitative estimate of drug-likeness (QED) is 0.771. The molecule has 0 saturated heterocycles. The molecule has 18 heavy (non-hydrogen) atoms. The van der Waals surface area contributed by atoms with Gasteiger partial charge in [0, 0.05) is 0 Å². The molecule has 0 amide bonds. The van der Waals surface area contributed by atoms with Gasteiger partial charge < -0.3 is 9.47 Å². The Labute approximate surface area is 109 Å². The van der Waals surface area contributed by atoms with Crippen LogP contribution in [0, 0.1) is 13.8 Å². The Hall–Kier alpha value is -1.51. The van der Waals surface area contributed by atoms with Gasteiger partial charge >= 0.3 is 5.97 Å². The van der Waals surface area contributed by atoms with Gasteiger partial charge in [-0.05, 0) is 53.2 Å². The van der Waals surface area contributed by atoms with Crippen molar-refractivity contribution >= 4 is 5.97 Å². The number of carbonyl (C=O) groups excluding carboxylic acids is 1. The predicted octanol–water partition coefficient (Wildman–Crippen LogP) is 3.41. The third kappa shape index (κ3) is 4.40. The highest BCUT2D eigenvalue weighted by Gasteiger charge is 2.23. The van der Waals surface area contributed by atoms with Crippen LogP contribution < -0.4 is 4.74 Å². The Balaban J connectivity index is 2.69. The van der Waals surface area contributed by atoms with Crippen molar-refractivity contribution in [2.45, 2.75) is 53.2 Å². The molecule has 1 aromatic rings. The second kappa shape index (κ2) is 5.42. The normalized spacial score (nSPS) is 13.0. The van der Waals surface area contributed by atoms with Crippen molar-refractivity contribution in [3.05, 3.63) is 29.3 Å². The van der Waals surface area contributed by atoms with Crippen molar-refractivity contribution < 1.29 is 14.3 Å². The molecule has 100 valence electrons. The van der Waals surface area contributed by atoms with Crippen LogP contribution in [0.15, 0.2) is 18.2 Å². The van der Waals surface area contributed by atoms with Crippen LogP contribution in [0.2, 0.25) is 0 Å². The molecule has 0 spiro atoms. The van der Waals surface area contributed by atoms with E-state index in [9.17, 15) is 4.79 Å². The van der Waals surface area contributed by atoms with Crippen molar-refractivity contribution in [1.29, 1.82) is 0 Å². The van der Waals surface area contributed by atoms with Crippen LogP contribution in [0.1, 0.15) is 38.8 Å². The van der Waals surface area contributed by atoms with Crippen molar-refractivity contribution in [3.63, 3.8) is 0 Å². The lowest BCUT2D eigenvalue weighted by Crippen LogP contribution is -2.33. The molecule has 1 aromatic carbocycles. The van der Waals surface area contributed by atoms with E-state index < -0.39 is 11.7 Å². The van der Waals surface area contributed by atoms with Gasteiger partial charge in [0.2, 0.25) is 0 Å². The monoisotopic (exact) mass is 250 g/mol. The smallest absolute Gasteiger partial charge is 0.347 e. The summed E-state index contributed by atoms with van der Waals surface area (Å²) in [5.74, 6) is 0.376. The summed E-state index contributed by atoms with van der Waals surface area (Å²) in [6.45, 7) is 11.2. The highest BCUT2D eigenvalue weighted by atomic mass is 16.6. The zero-order valence-electron chi connectivity index (χ0n) is 12.0. The molecule has 0 fully saturated rings. The van der Waals surface area contributed by atoms with E-state index >= 15 is 0 Å². The predicted molar refractivity (Wildman–Crippen MR) is 71.9 cm³/mol. The summed E-state index contributed by atoms with van der Waals surface area (Å²) in [4.78, 5) is 11.8. The summed E-state index contributed by atoms with van der Waals surface area (Å²) in [6.07, 6.45) is -0.606. The second-order valence-corrected chi connectivity index (χ2v) is 5.56. The molecular formula is C15H22O3. The Bertz CT molecular complexity index is 430. The van der Waals surface area contributed by atoms with E-state index in [0.717, 1.165) is 11.3 Å². The number of hydrogen-bond donors (Lipinski definition) is 0. The maximum absolute atomic E-state index is 11.8. The largest absolute Gasteiger partial charge is 0.479 e. The lowest BCUT2D eigenvalue weighted by Gasteiger charge is -2.23. The topological polar surface area (TPSA) is 35.5 Å². The van der Waals surface area contributed by atoms with E-state index in [1.54, 1.807) is 6.92 Å². The molecular weight excluding hydrogens is 228 g/mol. The lowest BCUT2D eigenvalue weighted by molar-refractivity contribution is -0.162. The van der Waals surface area contributed by atoms with E-state index in [-0.39, 0.29) is 5.97 Å². The van der Waals surface area contributed by atoms with Crippen LogP contribution in [-0.2, 0) is 9.53 Å². The maximum atomic E-state index is 11.8. The van der Waals surface area contributed by atoms with Crippen molar-refractivity contribution in [1.82, 2.24) is 0 Å². The molecule has 0 radical (unpaired) electrons. The number of benzene rings is 1. The van der Waals surface area contributed by atoms with Gasteiger partial charge in [0.15, 0.2) is 6.10 Å². The first kappa shape index (κ1) is 14.6. The maximum Gasteiger partial charge on any atom is 0.347 e. The SMILES string of the molecule is Cc1ccc(OC(C)C(=O)OC(C)(C)C)c(C)c1. The van der Waals surface area contributed by atoms with Crippen molar-refractivity contribution in [2.75, 3.05) is 0 Å². The van der Waals surface area contributed by atoms with E-state index in [0.29, 0.717) is 0 Å². The van der Waals surface area contributed by atoms with E-state index in [1.165, 1.54) is 5.56 Å². The molecule has 0 aromatic heterocycles. The number of aryl methyl sites for hydroxylation is 2. The van der Waals surface area contributed by atoms with Crippen LogP contribution in [0.5, 0.6) is 5.75 Å². The van der Waals surface area contributed by atoms with Crippen LogP contribution in [0.25, 0.3) is 0 Å². The summed E-state index contributed by atoms with van der Waals surface area (Å²) in [6, 6.07) is 5.87. The van der Waals surface area contributed by atoms with Gasteiger partial charge in [-0.15, -0.1) is 0 Å². The fourth-order valence-electron chi connectivity index (χ4n) is 1.55. The van der Waals surface area contributed by atoms with Crippen molar-refractivity contribution in [3.8, 4) is 5.75 Å². The number of rotatable bonds is 3. The zero-order chi connectivity index (χ0) is 13.9. The first-order valence-electron chi connectivity index (χ1n) is 6.16. The molecule has 0 heterocycles. The van der Waals surface area contributed by atoms with Gasteiger partial charge in [-0.25, -0.2) is 4.79 Å². The Kier molecular flexibility index (Phi) is 4.38. The summed E-state index contributed by atoms with van der Waals surface area (Å²) in [5.41, 5.74) is 1.70. The van der Waals surface area contributed by atoms with E-state index in [4.69, 9.17) is 9.47 Å². The third-order valence-corrected chi connectivity index (χ3v) is 2.37. The fraction of sp³-hybridized carbons (Fsp3) is 0.533. The van der Waals surface area contributed by atoms with Gasteiger partial charge in [0.1, 0.15) is 11.4 Å². The molecule has 0 N–H and O–H groups in total. The molecule has 3 nitrogen and oxygen atoms in total. The summed E-state index contributed by atoms with van der Waals surface area (Å²) < 4.78 is 10.9. The molecule has 1 rings (SSSR count). The number of esters is 1. The van der Waals surface area contributed by atoms with Crippen LogP contribution >= 0.6 is 0 Å². The minimum absolute atomic E-state index is 0.345. The molecule has 1 unspecified atom stereocenters. The Morgan fingerprint density at radius 2 is 1.83 bits per heavy atom. The van der Waals surface area contributed by atoms with Gasteiger partial charge in [-0.2, -0.15) is 0 Å². The highest BCUT2D eigenvalue weighted by Crippen LogP contribution is 2.21. The van der Waals surface area contributed by atoms with Crippen LogP contribution in [0.3, 0.4) is 0 Å². The first-order valence-corrected chi connectivity index (χ1v) is 6.16. The highest BCUT2D eigenvalue weighted by molar-refractivity contribution is 5.75. The van der Waals surface area contributed by atoms with Gasteiger partial charge in [-0.3, -0.25) is 0 Å². The molecule has 3 heteroatoms. The van der Waals surface area contributed by atoms with E-state index in [1.807, 2.05) is 52.8 Å². The molecule has 0 aliphatic rings. The average Bonchev–Trinajstić information content (AvgIpc) is 2.19. The summed E-state index contributed by atoms with van der Waals surface area (Å²) in [7, 11) is 0. The van der Waals surface area contributed by atoms with Crippen LogP contribution in [0.4, 0.5) is 0 Å². The molecule has 1 atom stereocenters. The minimum atomic E-state index is -0.606. The molecule has 0 aliphatic heterocycles. The summed E-state index contributed by atoms with van der Waals surface area (Å²) >= 11 is 0. The summed E-state index contributed by atoms with van der Waals surface area (Å²) in [5, 5.41) is 0. The van der Waals surface area contributed by atoms with Gasteiger partial charge in [-0.1, -0.05) is 17.7 Å². The molecule has 0 aliphatic carbocycles. The first-order chi connectivity index (χ1) is 8.19. The number of hydrogen-bond acceptors (Lipinski definition) is 3. The standard InChI is InChI=1S/C15H22O3/c1-10-7-8-13(11(2)9-10)17-12(3)14(16)18-15(4,5)6/h7-9,12H,1-6H3. The lowest BCUT2D eigenvalue weighted by atomic mass is 10.1. The second-order valence-electron chi connectivity index (χ2n) is 5.56. The number of carbonyl (C=O) groups is 1. The van der Waals surface area contributed by atoms with Crippen molar-refractivity contribution in [2.24, 2.45) is 0 Å². The molecule has 0 saturated carbocycles. The van der Waals surface area contributed by atoms with Gasteiger partial charge in [0.05, 0.1) is 0 Å². The van der Waals surface area contributed by atoms with Gasteiger partial charge in [0.25, 0.3) is 0 Å². The third-order valence-electron chi connectivity index (χ3n) is 2.37. The fourth-order valence-corrected chi connectivity index (χ4v) is 1.55. The average molecular weight is 250 g/mol. The minimum Gasteiger partial charge on any atom is -0.479 e.